The Hall–Kier alpha value is -1.68. The summed E-state index contributed by atoms with van der Waals surface area (Å²) >= 11 is 0. The van der Waals surface area contributed by atoms with Gasteiger partial charge in [-0.25, -0.2) is 0 Å². The summed E-state index contributed by atoms with van der Waals surface area (Å²) in [6, 6.07) is 6.67. The molecule has 1 atom stereocenters. The topological polar surface area (TPSA) is 42.2 Å². The molecule has 1 unspecified atom stereocenters. The summed E-state index contributed by atoms with van der Waals surface area (Å²) in [7, 11) is 0. The third kappa shape index (κ3) is 2.59. The molecule has 18 heavy (non-hydrogen) atoms. The fourth-order valence-corrected chi connectivity index (χ4v) is 1.99. The lowest BCUT2D eigenvalue weighted by atomic mass is 10.0. The minimum Gasteiger partial charge on any atom is -0.464 e. The van der Waals surface area contributed by atoms with Crippen LogP contribution in [-0.2, 0) is 0 Å². The molecule has 0 aliphatic heterocycles. The minimum absolute atomic E-state index is 0.0900. The van der Waals surface area contributed by atoms with Crippen LogP contribution in [0, 0.1) is 0 Å². The van der Waals surface area contributed by atoms with Gasteiger partial charge in [-0.05, 0) is 25.1 Å². The summed E-state index contributed by atoms with van der Waals surface area (Å²) in [5.74, 6) is -0.0900. The second-order valence-electron chi connectivity index (χ2n) is 4.13. The molecule has 1 aromatic heterocycles. The zero-order valence-corrected chi connectivity index (χ0v) is 10.3. The van der Waals surface area contributed by atoms with Crippen LogP contribution in [0.1, 0.15) is 23.7 Å². The highest BCUT2D eigenvalue weighted by atomic mass is 19.1. The minimum atomic E-state index is -0.508. The van der Waals surface area contributed by atoms with E-state index >= 15 is 0 Å². The quantitative estimate of drug-likeness (QED) is 0.800. The van der Waals surface area contributed by atoms with Gasteiger partial charge >= 0.3 is 0 Å². The number of alkyl halides is 1. The first kappa shape index (κ1) is 12.8. The van der Waals surface area contributed by atoms with Gasteiger partial charge in [0.1, 0.15) is 5.58 Å². The number of ketones is 1. The van der Waals surface area contributed by atoms with Crippen LogP contribution in [0.2, 0.25) is 0 Å². The second-order valence-corrected chi connectivity index (χ2v) is 4.13. The van der Waals surface area contributed by atoms with Crippen molar-refractivity contribution in [2.75, 3.05) is 13.2 Å². The zero-order valence-electron chi connectivity index (χ0n) is 10.3. The van der Waals surface area contributed by atoms with Gasteiger partial charge in [0.05, 0.1) is 19.0 Å². The van der Waals surface area contributed by atoms with E-state index < -0.39 is 12.7 Å². The normalized spacial score (nSPS) is 12.8. The molecule has 0 spiro atoms. The molecule has 1 N–H and O–H groups in total. The van der Waals surface area contributed by atoms with Crippen molar-refractivity contribution in [1.82, 2.24) is 5.32 Å². The van der Waals surface area contributed by atoms with Crippen LogP contribution in [0.25, 0.3) is 11.0 Å². The first-order chi connectivity index (χ1) is 8.76. The number of benzene rings is 1. The molecule has 3 nitrogen and oxygen atoms in total. The fraction of sp³-hybridized carbons (Fsp3) is 0.357. The molecule has 0 bridgehead atoms. The molecule has 0 aliphatic carbocycles. The second kappa shape index (κ2) is 5.78. The highest BCUT2D eigenvalue weighted by Gasteiger charge is 2.19. The maximum atomic E-state index is 12.4. The van der Waals surface area contributed by atoms with Crippen molar-refractivity contribution in [1.29, 1.82) is 0 Å². The van der Waals surface area contributed by atoms with Crippen LogP contribution in [-0.4, -0.2) is 25.0 Å². The third-order valence-electron chi connectivity index (χ3n) is 2.91. The predicted octanol–water partition coefficient (Wildman–Crippen LogP) is 2.95. The van der Waals surface area contributed by atoms with E-state index in [9.17, 15) is 9.18 Å². The van der Waals surface area contributed by atoms with E-state index in [1.165, 1.54) is 0 Å². The molecule has 0 saturated heterocycles. The van der Waals surface area contributed by atoms with Crippen LogP contribution in [0.4, 0.5) is 4.39 Å². The third-order valence-corrected chi connectivity index (χ3v) is 2.91. The first-order valence-electron chi connectivity index (χ1n) is 6.07. The molecular formula is C14H16FNO2. The van der Waals surface area contributed by atoms with Crippen molar-refractivity contribution in [3.8, 4) is 0 Å². The molecule has 0 saturated carbocycles. The van der Waals surface area contributed by atoms with Crippen molar-refractivity contribution >= 4 is 16.8 Å². The Morgan fingerprint density at radius 3 is 3.00 bits per heavy atom. The Morgan fingerprint density at radius 1 is 1.44 bits per heavy atom. The van der Waals surface area contributed by atoms with Crippen molar-refractivity contribution in [3.05, 3.63) is 36.1 Å². The number of nitrogens with one attached hydrogen (secondary N) is 1. The van der Waals surface area contributed by atoms with E-state index in [1.807, 2.05) is 19.1 Å². The van der Waals surface area contributed by atoms with Gasteiger partial charge in [0.15, 0.2) is 5.78 Å². The maximum Gasteiger partial charge on any atom is 0.179 e. The standard InChI is InChI=1S/C14H16FNO2/c1-2-16-12(5-7-15)14(17)11-4-3-10-6-8-18-13(10)9-11/h3-4,6,8-9,12,16H,2,5,7H2,1H3. The highest BCUT2D eigenvalue weighted by Crippen LogP contribution is 2.18. The lowest BCUT2D eigenvalue weighted by Crippen LogP contribution is -2.37. The van der Waals surface area contributed by atoms with Crippen molar-refractivity contribution < 1.29 is 13.6 Å². The Bertz CT molecular complexity index is 529. The molecule has 0 radical (unpaired) electrons. The maximum absolute atomic E-state index is 12.4. The molecule has 0 amide bonds. The molecule has 4 heteroatoms. The number of furan rings is 1. The van der Waals surface area contributed by atoms with E-state index in [1.54, 1.807) is 18.4 Å². The van der Waals surface area contributed by atoms with E-state index in [2.05, 4.69) is 5.32 Å². The smallest absolute Gasteiger partial charge is 0.179 e. The molecule has 96 valence electrons. The van der Waals surface area contributed by atoms with Gasteiger partial charge in [-0.2, -0.15) is 0 Å². The molecule has 2 aromatic rings. The number of Topliss-reactive ketones (excluding diaryl/α,β-unsaturated/α-hetero) is 1. The Labute approximate surface area is 105 Å². The van der Waals surface area contributed by atoms with E-state index in [-0.39, 0.29) is 12.2 Å². The van der Waals surface area contributed by atoms with Crippen LogP contribution >= 0.6 is 0 Å². The van der Waals surface area contributed by atoms with E-state index in [0.29, 0.717) is 17.7 Å². The SMILES string of the molecule is CCNC(CCF)C(=O)c1ccc2ccoc2c1. The first-order valence-corrected chi connectivity index (χ1v) is 6.07. The van der Waals surface area contributed by atoms with Gasteiger partial charge in [0, 0.05) is 10.9 Å². The van der Waals surface area contributed by atoms with E-state index in [4.69, 9.17) is 4.42 Å². The number of rotatable bonds is 6. The Balaban J connectivity index is 2.24. The van der Waals surface area contributed by atoms with Crippen molar-refractivity contribution in [2.45, 2.75) is 19.4 Å². The van der Waals surface area contributed by atoms with Gasteiger partial charge in [0.2, 0.25) is 0 Å². The van der Waals surface area contributed by atoms with Crippen LogP contribution in [0.15, 0.2) is 34.9 Å². The van der Waals surface area contributed by atoms with Gasteiger partial charge in [-0.15, -0.1) is 0 Å². The average molecular weight is 249 g/mol. The summed E-state index contributed by atoms with van der Waals surface area (Å²) in [5, 5.41) is 3.96. The van der Waals surface area contributed by atoms with Crippen LogP contribution in [0.5, 0.6) is 0 Å². The number of likely N-dealkylation sites (N-methyl/N-ethyl adjacent to an activating group) is 1. The number of hydrogen-bond acceptors (Lipinski definition) is 3. The van der Waals surface area contributed by atoms with Gasteiger partial charge in [-0.1, -0.05) is 19.1 Å². The average Bonchev–Trinajstić information content (AvgIpc) is 2.84. The Morgan fingerprint density at radius 2 is 2.28 bits per heavy atom. The summed E-state index contributed by atoms with van der Waals surface area (Å²) in [6.07, 6.45) is 1.78. The molecule has 1 heterocycles. The van der Waals surface area contributed by atoms with Gasteiger partial charge in [0.25, 0.3) is 0 Å². The number of hydrogen-bond donors (Lipinski definition) is 1. The molecule has 0 fully saturated rings. The van der Waals surface area contributed by atoms with Crippen molar-refractivity contribution in [3.63, 3.8) is 0 Å². The number of halogens is 1. The van der Waals surface area contributed by atoms with Crippen LogP contribution in [0.3, 0.4) is 0 Å². The number of carbonyl (C=O) groups is 1. The van der Waals surface area contributed by atoms with Crippen molar-refractivity contribution in [2.24, 2.45) is 0 Å². The summed E-state index contributed by atoms with van der Waals surface area (Å²) in [4.78, 5) is 12.2. The Kier molecular flexibility index (Phi) is 4.10. The van der Waals surface area contributed by atoms with Gasteiger partial charge < -0.3 is 9.73 Å². The number of carbonyl (C=O) groups excluding carboxylic acids is 1. The highest BCUT2D eigenvalue weighted by molar-refractivity contribution is 6.02. The monoisotopic (exact) mass is 249 g/mol. The molecule has 0 aliphatic rings. The number of fused-ring (bicyclic) bond motifs is 1. The zero-order chi connectivity index (χ0) is 13.0. The lowest BCUT2D eigenvalue weighted by Gasteiger charge is -2.14. The van der Waals surface area contributed by atoms with Crippen LogP contribution < -0.4 is 5.32 Å². The predicted molar refractivity (Wildman–Crippen MR) is 68.6 cm³/mol. The summed E-state index contributed by atoms with van der Waals surface area (Å²) < 4.78 is 17.7. The fourth-order valence-electron chi connectivity index (χ4n) is 1.99. The largest absolute Gasteiger partial charge is 0.464 e. The van der Waals surface area contributed by atoms with E-state index in [0.717, 1.165) is 5.39 Å². The van der Waals surface area contributed by atoms with Gasteiger partial charge in [-0.3, -0.25) is 9.18 Å². The lowest BCUT2D eigenvalue weighted by molar-refractivity contribution is 0.0934. The summed E-state index contributed by atoms with van der Waals surface area (Å²) in [5.41, 5.74) is 1.23. The molecular weight excluding hydrogens is 233 g/mol. The molecule has 1 aromatic carbocycles. The summed E-state index contributed by atoms with van der Waals surface area (Å²) in [6.45, 7) is 2.03. The molecule has 2 rings (SSSR count).